The summed E-state index contributed by atoms with van der Waals surface area (Å²) in [6, 6.07) is 4.78. The molecule has 1 N–H and O–H groups in total. The van der Waals surface area contributed by atoms with Crippen LogP contribution in [0.25, 0.3) is 0 Å². The summed E-state index contributed by atoms with van der Waals surface area (Å²) in [6.07, 6.45) is 0. The normalized spacial score (nSPS) is 10.3. The van der Waals surface area contributed by atoms with Crippen LogP contribution in [0.2, 0.25) is 10.0 Å². The van der Waals surface area contributed by atoms with Gasteiger partial charge in [-0.1, -0.05) is 23.2 Å². The van der Waals surface area contributed by atoms with E-state index in [-0.39, 0.29) is 12.5 Å². The van der Waals surface area contributed by atoms with Crippen LogP contribution in [0, 0.1) is 6.92 Å². The predicted octanol–water partition coefficient (Wildman–Crippen LogP) is 3.17. The number of nitrogens with zero attached hydrogens (tertiary/aromatic N) is 2. The van der Waals surface area contributed by atoms with Crippen LogP contribution < -0.4 is 10.1 Å². The van der Waals surface area contributed by atoms with Gasteiger partial charge in [0.2, 0.25) is 5.13 Å². The molecule has 0 radical (unpaired) electrons. The summed E-state index contributed by atoms with van der Waals surface area (Å²) in [5.74, 6) is 0.679. The van der Waals surface area contributed by atoms with E-state index >= 15 is 0 Å². The lowest BCUT2D eigenvalue weighted by Gasteiger charge is -2.07. The number of carbonyl (C=O) groups is 1. The number of benzene rings is 1. The van der Waals surface area contributed by atoms with E-state index < -0.39 is 0 Å². The van der Waals surface area contributed by atoms with Crippen LogP contribution in [0.5, 0.6) is 5.75 Å². The number of hydrogen-bond acceptors (Lipinski definition) is 5. The standard InChI is InChI=1S/C11H9Cl2N3O2S/c1-6-14-11(19-16-6)15-10(17)5-18-9-3-2-7(12)4-8(9)13/h2-4H,5H2,1H3,(H,14,15,16,17). The van der Waals surface area contributed by atoms with Crippen LogP contribution in [0.4, 0.5) is 5.13 Å². The third-order valence-electron chi connectivity index (χ3n) is 2.03. The first-order valence-corrected chi connectivity index (χ1v) is 6.75. The quantitative estimate of drug-likeness (QED) is 0.940. The summed E-state index contributed by atoms with van der Waals surface area (Å²) >= 11 is 12.8. The molecule has 5 nitrogen and oxygen atoms in total. The molecule has 0 saturated heterocycles. The van der Waals surface area contributed by atoms with Crippen LogP contribution in [0.15, 0.2) is 18.2 Å². The smallest absolute Gasteiger partial charge is 0.264 e. The van der Waals surface area contributed by atoms with Crippen LogP contribution in [0.1, 0.15) is 5.82 Å². The molecule has 100 valence electrons. The summed E-state index contributed by atoms with van der Waals surface area (Å²) in [5, 5.41) is 3.87. The van der Waals surface area contributed by atoms with E-state index in [1.165, 1.54) is 0 Å². The Labute approximate surface area is 123 Å². The van der Waals surface area contributed by atoms with Crippen molar-refractivity contribution in [2.45, 2.75) is 6.92 Å². The Morgan fingerprint density at radius 3 is 2.89 bits per heavy atom. The number of rotatable bonds is 4. The van der Waals surface area contributed by atoms with Gasteiger partial charge >= 0.3 is 0 Å². The number of ether oxygens (including phenoxy) is 1. The third kappa shape index (κ3) is 4.05. The van der Waals surface area contributed by atoms with Gasteiger partial charge in [-0.15, -0.1) is 0 Å². The molecule has 0 unspecified atom stereocenters. The molecule has 0 aliphatic carbocycles. The molecular formula is C11H9Cl2N3O2S. The maximum atomic E-state index is 11.6. The number of hydrogen-bond donors (Lipinski definition) is 1. The van der Waals surface area contributed by atoms with Crippen molar-refractivity contribution in [3.05, 3.63) is 34.1 Å². The number of halogens is 2. The van der Waals surface area contributed by atoms with Gasteiger partial charge in [-0.2, -0.15) is 4.37 Å². The second kappa shape index (κ2) is 6.18. The molecule has 2 aromatic rings. The van der Waals surface area contributed by atoms with Crippen molar-refractivity contribution < 1.29 is 9.53 Å². The minimum atomic E-state index is -0.331. The third-order valence-corrected chi connectivity index (χ3v) is 3.28. The van der Waals surface area contributed by atoms with Gasteiger partial charge in [0.15, 0.2) is 6.61 Å². The second-order valence-electron chi connectivity index (χ2n) is 3.56. The zero-order valence-electron chi connectivity index (χ0n) is 9.81. The van der Waals surface area contributed by atoms with E-state index in [1.807, 2.05) is 0 Å². The summed E-state index contributed by atoms with van der Waals surface area (Å²) in [4.78, 5) is 15.6. The average Bonchev–Trinajstić information content (AvgIpc) is 2.73. The Morgan fingerprint density at radius 2 is 2.26 bits per heavy atom. The summed E-state index contributed by atoms with van der Waals surface area (Å²) in [5.41, 5.74) is 0. The van der Waals surface area contributed by atoms with Gasteiger partial charge in [-0.05, 0) is 25.1 Å². The molecule has 1 amide bonds. The van der Waals surface area contributed by atoms with Crippen LogP contribution in [0.3, 0.4) is 0 Å². The van der Waals surface area contributed by atoms with Crippen molar-refractivity contribution >= 4 is 45.8 Å². The molecule has 1 heterocycles. The molecule has 0 atom stereocenters. The van der Waals surface area contributed by atoms with Crippen molar-refractivity contribution in [3.63, 3.8) is 0 Å². The molecule has 0 saturated carbocycles. The Bertz CT molecular complexity index is 603. The highest BCUT2D eigenvalue weighted by Crippen LogP contribution is 2.27. The number of aryl methyl sites for hydroxylation is 1. The van der Waals surface area contributed by atoms with Crippen molar-refractivity contribution in [1.82, 2.24) is 9.36 Å². The first-order chi connectivity index (χ1) is 9.04. The van der Waals surface area contributed by atoms with E-state index in [0.29, 0.717) is 26.8 Å². The van der Waals surface area contributed by atoms with E-state index in [2.05, 4.69) is 14.7 Å². The Balaban J connectivity index is 1.89. The minimum Gasteiger partial charge on any atom is -0.482 e. The second-order valence-corrected chi connectivity index (χ2v) is 5.15. The molecule has 0 fully saturated rings. The fourth-order valence-electron chi connectivity index (χ4n) is 1.24. The van der Waals surface area contributed by atoms with Crippen molar-refractivity contribution in [3.8, 4) is 5.75 Å². The van der Waals surface area contributed by atoms with Gasteiger partial charge in [-0.3, -0.25) is 10.1 Å². The van der Waals surface area contributed by atoms with E-state index in [9.17, 15) is 4.79 Å². The first-order valence-electron chi connectivity index (χ1n) is 5.22. The monoisotopic (exact) mass is 317 g/mol. The molecule has 1 aromatic heterocycles. The van der Waals surface area contributed by atoms with Crippen LogP contribution in [-0.2, 0) is 4.79 Å². The number of amides is 1. The zero-order valence-corrected chi connectivity index (χ0v) is 12.1. The number of anilines is 1. The van der Waals surface area contributed by atoms with Crippen molar-refractivity contribution in [1.29, 1.82) is 0 Å². The highest BCUT2D eigenvalue weighted by atomic mass is 35.5. The minimum absolute atomic E-state index is 0.167. The van der Waals surface area contributed by atoms with Gasteiger partial charge in [-0.25, -0.2) is 4.98 Å². The Kier molecular flexibility index (Phi) is 4.57. The molecule has 19 heavy (non-hydrogen) atoms. The molecular weight excluding hydrogens is 309 g/mol. The van der Waals surface area contributed by atoms with E-state index in [0.717, 1.165) is 11.5 Å². The highest BCUT2D eigenvalue weighted by Gasteiger charge is 2.09. The van der Waals surface area contributed by atoms with E-state index in [4.69, 9.17) is 27.9 Å². The molecule has 0 aliphatic rings. The lowest BCUT2D eigenvalue weighted by Crippen LogP contribution is -2.20. The summed E-state index contributed by atoms with van der Waals surface area (Å²) in [7, 11) is 0. The molecule has 0 spiro atoms. The molecule has 0 bridgehead atoms. The lowest BCUT2D eigenvalue weighted by atomic mass is 10.3. The fourth-order valence-corrected chi connectivity index (χ4v) is 2.29. The Morgan fingerprint density at radius 1 is 1.47 bits per heavy atom. The number of nitrogens with one attached hydrogen (secondary N) is 1. The van der Waals surface area contributed by atoms with Gasteiger partial charge < -0.3 is 4.74 Å². The predicted molar refractivity (Wildman–Crippen MR) is 75.2 cm³/mol. The van der Waals surface area contributed by atoms with Gasteiger partial charge in [0.05, 0.1) is 5.02 Å². The molecule has 8 heteroatoms. The highest BCUT2D eigenvalue weighted by molar-refractivity contribution is 7.09. The molecule has 0 aliphatic heterocycles. The Hall–Kier alpha value is -1.37. The summed E-state index contributed by atoms with van der Waals surface area (Å²) in [6.45, 7) is 1.58. The first kappa shape index (κ1) is 14.0. The maximum absolute atomic E-state index is 11.6. The van der Waals surface area contributed by atoms with Crippen LogP contribution in [-0.4, -0.2) is 21.9 Å². The van der Waals surface area contributed by atoms with Gasteiger partial charge in [0, 0.05) is 16.6 Å². The topological polar surface area (TPSA) is 64.1 Å². The maximum Gasteiger partial charge on any atom is 0.264 e. The van der Waals surface area contributed by atoms with Gasteiger partial charge in [0.1, 0.15) is 11.6 Å². The average molecular weight is 318 g/mol. The van der Waals surface area contributed by atoms with Crippen LogP contribution >= 0.6 is 34.7 Å². The molecule has 1 aromatic carbocycles. The largest absolute Gasteiger partial charge is 0.482 e. The van der Waals surface area contributed by atoms with Crippen molar-refractivity contribution in [2.75, 3.05) is 11.9 Å². The number of carbonyl (C=O) groups excluding carboxylic acids is 1. The SMILES string of the molecule is Cc1nsc(NC(=O)COc2ccc(Cl)cc2Cl)n1. The van der Waals surface area contributed by atoms with Gasteiger partial charge in [0.25, 0.3) is 5.91 Å². The fraction of sp³-hybridized carbons (Fsp3) is 0.182. The lowest BCUT2D eigenvalue weighted by molar-refractivity contribution is -0.118. The summed E-state index contributed by atoms with van der Waals surface area (Å²) < 4.78 is 9.24. The van der Waals surface area contributed by atoms with E-state index in [1.54, 1.807) is 25.1 Å². The van der Waals surface area contributed by atoms with Crippen molar-refractivity contribution in [2.24, 2.45) is 0 Å². The zero-order chi connectivity index (χ0) is 13.8. The number of aromatic nitrogens is 2. The molecule has 2 rings (SSSR count).